The van der Waals surface area contributed by atoms with E-state index in [1.807, 2.05) is 7.05 Å². The second kappa shape index (κ2) is 4.35. The van der Waals surface area contributed by atoms with Gasteiger partial charge < -0.3 is 9.47 Å². The molecule has 0 amide bonds. The third-order valence-corrected chi connectivity index (χ3v) is 3.08. The van der Waals surface area contributed by atoms with E-state index in [4.69, 9.17) is 5.26 Å². The van der Waals surface area contributed by atoms with Gasteiger partial charge in [-0.1, -0.05) is 0 Å². The van der Waals surface area contributed by atoms with E-state index in [1.54, 1.807) is 10.8 Å². The fourth-order valence-electron chi connectivity index (χ4n) is 2.02. The van der Waals surface area contributed by atoms with Crippen molar-refractivity contribution in [2.45, 2.75) is 12.8 Å². The summed E-state index contributed by atoms with van der Waals surface area (Å²) in [6.07, 6.45) is 4.14. The van der Waals surface area contributed by atoms with Crippen molar-refractivity contribution in [2.75, 3.05) is 18.0 Å². The maximum atomic E-state index is 10.7. The standard InChI is InChI=1S/C11H14N4O/c1-14-10(8-16)7-13-11(14)15-4-2-9(6-12)3-5-15/h7-9H,2-5H2,1H3. The van der Waals surface area contributed by atoms with Crippen molar-refractivity contribution in [3.05, 3.63) is 11.9 Å². The van der Waals surface area contributed by atoms with Gasteiger partial charge in [-0.2, -0.15) is 5.26 Å². The first-order valence-electron chi connectivity index (χ1n) is 5.37. The molecule has 1 saturated heterocycles. The van der Waals surface area contributed by atoms with Crippen LogP contribution in [0.2, 0.25) is 0 Å². The van der Waals surface area contributed by atoms with Gasteiger partial charge in [-0.05, 0) is 12.8 Å². The number of hydrogen-bond donors (Lipinski definition) is 0. The summed E-state index contributed by atoms with van der Waals surface area (Å²) in [5, 5.41) is 8.81. The van der Waals surface area contributed by atoms with E-state index in [0.29, 0.717) is 5.69 Å². The molecule has 1 aromatic heterocycles. The zero-order valence-corrected chi connectivity index (χ0v) is 9.26. The quantitative estimate of drug-likeness (QED) is 0.694. The van der Waals surface area contributed by atoms with Gasteiger partial charge in [0, 0.05) is 26.1 Å². The molecule has 16 heavy (non-hydrogen) atoms. The number of hydrogen-bond acceptors (Lipinski definition) is 4. The van der Waals surface area contributed by atoms with Crippen LogP contribution in [0.5, 0.6) is 0 Å². The minimum absolute atomic E-state index is 0.169. The zero-order valence-electron chi connectivity index (χ0n) is 9.26. The molecule has 2 rings (SSSR count). The molecule has 0 bridgehead atoms. The molecule has 0 aliphatic carbocycles. The number of aromatic nitrogens is 2. The lowest BCUT2D eigenvalue weighted by atomic mass is 9.99. The van der Waals surface area contributed by atoms with E-state index in [9.17, 15) is 4.79 Å². The van der Waals surface area contributed by atoms with Crippen LogP contribution < -0.4 is 4.90 Å². The first-order chi connectivity index (χ1) is 7.76. The molecule has 1 fully saturated rings. The van der Waals surface area contributed by atoms with E-state index in [2.05, 4.69) is 16.0 Å². The van der Waals surface area contributed by atoms with Gasteiger partial charge in [-0.3, -0.25) is 4.79 Å². The van der Waals surface area contributed by atoms with E-state index in [0.717, 1.165) is 38.2 Å². The van der Waals surface area contributed by atoms with Gasteiger partial charge >= 0.3 is 0 Å². The molecule has 0 aromatic carbocycles. The number of nitriles is 1. The number of carbonyl (C=O) groups excluding carboxylic acids is 1. The summed E-state index contributed by atoms with van der Waals surface area (Å²) in [4.78, 5) is 17.1. The van der Waals surface area contributed by atoms with Gasteiger partial charge in [-0.15, -0.1) is 0 Å². The predicted octanol–water partition coefficient (Wildman–Crippen LogP) is 0.973. The van der Waals surface area contributed by atoms with Crippen molar-refractivity contribution in [3.8, 4) is 6.07 Å². The highest BCUT2D eigenvalue weighted by Crippen LogP contribution is 2.21. The smallest absolute Gasteiger partial charge is 0.205 e. The molecular weight excluding hydrogens is 204 g/mol. The molecular formula is C11H14N4O. The predicted molar refractivity (Wildman–Crippen MR) is 59.1 cm³/mol. The fourth-order valence-corrected chi connectivity index (χ4v) is 2.02. The van der Waals surface area contributed by atoms with Crippen LogP contribution in [0.4, 0.5) is 5.95 Å². The average molecular weight is 218 g/mol. The number of aldehydes is 1. The van der Waals surface area contributed by atoms with Gasteiger partial charge in [0.05, 0.1) is 12.3 Å². The molecule has 0 saturated carbocycles. The number of imidazole rings is 1. The lowest BCUT2D eigenvalue weighted by molar-refractivity contribution is 0.111. The minimum Gasteiger partial charge on any atom is -0.342 e. The minimum atomic E-state index is 0.169. The maximum Gasteiger partial charge on any atom is 0.205 e. The number of piperidine rings is 1. The maximum absolute atomic E-state index is 10.7. The van der Waals surface area contributed by atoms with Crippen molar-refractivity contribution < 1.29 is 4.79 Å². The first-order valence-corrected chi connectivity index (χ1v) is 5.37. The Kier molecular flexibility index (Phi) is 2.91. The Morgan fingerprint density at radius 2 is 2.25 bits per heavy atom. The molecule has 84 valence electrons. The Balaban J connectivity index is 2.11. The molecule has 0 unspecified atom stereocenters. The molecule has 1 aromatic rings. The molecule has 0 spiro atoms. The van der Waals surface area contributed by atoms with Crippen LogP contribution in [-0.4, -0.2) is 28.9 Å². The van der Waals surface area contributed by atoms with Crippen LogP contribution in [-0.2, 0) is 7.05 Å². The van der Waals surface area contributed by atoms with Crippen molar-refractivity contribution in [1.29, 1.82) is 5.26 Å². The van der Waals surface area contributed by atoms with Gasteiger partial charge in [0.1, 0.15) is 5.69 Å². The van der Waals surface area contributed by atoms with E-state index in [1.165, 1.54) is 0 Å². The Morgan fingerprint density at radius 1 is 1.56 bits per heavy atom. The third-order valence-electron chi connectivity index (χ3n) is 3.08. The topological polar surface area (TPSA) is 61.9 Å². The summed E-state index contributed by atoms with van der Waals surface area (Å²) in [6, 6.07) is 2.30. The second-order valence-corrected chi connectivity index (χ2v) is 4.05. The van der Waals surface area contributed by atoms with Crippen molar-refractivity contribution in [3.63, 3.8) is 0 Å². The monoisotopic (exact) mass is 218 g/mol. The first kappa shape index (κ1) is 10.7. The molecule has 1 aliphatic rings. The SMILES string of the molecule is Cn1c(C=O)cnc1N1CCC(C#N)CC1. The van der Waals surface area contributed by atoms with Crippen LogP contribution in [0.25, 0.3) is 0 Å². The average Bonchev–Trinajstić information content (AvgIpc) is 2.70. The summed E-state index contributed by atoms with van der Waals surface area (Å²) < 4.78 is 1.79. The molecule has 5 nitrogen and oxygen atoms in total. The molecule has 5 heteroatoms. The second-order valence-electron chi connectivity index (χ2n) is 4.05. The van der Waals surface area contributed by atoms with E-state index in [-0.39, 0.29) is 5.92 Å². The number of anilines is 1. The number of rotatable bonds is 2. The van der Waals surface area contributed by atoms with Crippen LogP contribution >= 0.6 is 0 Å². The van der Waals surface area contributed by atoms with Crippen LogP contribution in [0, 0.1) is 17.2 Å². The van der Waals surface area contributed by atoms with Crippen molar-refractivity contribution >= 4 is 12.2 Å². The van der Waals surface area contributed by atoms with Gasteiger partial charge in [0.25, 0.3) is 0 Å². The highest BCUT2D eigenvalue weighted by atomic mass is 16.1. The van der Waals surface area contributed by atoms with Crippen molar-refractivity contribution in [2.24, 2.45) is 13.0 Å². The lowest BCUT2D eigenvalue weighted by Crippen LogP contribution is -2.35. The lowest BCUT2D eigenvalue weighted by Gasteiger charge is -2.29. The number of carbonyl (C=O) groups is 1. The summed E-state index contributed by atoms with van der Waals surface area (Å²) in [5.74, 6) is 0.987. The van der Waals surface area contributed by atoms with Crippen LogP contribution in [0.1, 0.15) is 23.3 Å². The molecule has 0 atom stereocenters. The van der Waals surface area contributed by atoms with Gasteiger partial charge in [0.15, 0.2) is 6.29 Å². The van der Waals surface area contributed by atoms with E-state index < -0.39 is 0 Å². The Labute approximate surface area is 94.3 Å². The highest BCUT2D eigenvalue weighted by Gasteiger charge is 2.21. The summed E-state index contributed by atoms with van der Waals surface area (Å²) >= 11 is 0. The molecule has 0 N–H and O–H groups in total. The third kappa shape index (κ3) is 1.78. The van der Waals surface area contributed by atoms with Crippen LogP contribution in [0.3, 0.4) is 0 Å². The molecule has 1 aliphatic heterocycles. The van der Waals surface area contributed by atoms with Gasteiger partial charge in [-0.25, -0.2) is 4.98 Å². The molecule has 2 heterocycles. The summed E-state index contributed by atoms with van der Waals surface area (Å²) in [7, 11) is 1.84. The summed E-state index contributed by atoms with van der Waals surface area (Å²) in [5.41, 5.74) is 0.581. The number of nitrogens with zero attached hydrogens (tertiary/aromatic N) is 4. The summed E-state index contributed by atoms with van der Waals surface area (Å²) in [6.45, 7) is 1.67. The highest BCUT2D eigenvalue weighted by molar-refractivity contribution is 5.73. The Morgan fingerprint density at radius 3 is 2.75 bits per heavy atom. The van der Waals surface area contributed by atoms with Crippen LogP contribution in [0.15, 0.2) is 6.20 Å². The van der Waals surface area contributed by atoms with Gasteiger partial charge in [0.2, 0.25) is 5.95 Å². The Bertz CT molecular complexity index is 424. The Hall–Kier alpha value is -1.83. The van der Waals surface area contributed by atoms with Crippen molar-refractivity contribution in [1.82, 2.24) is 9.55 Å². The normalized spacial score (nSPS) is 17.1. The fraction of sp³-hybridized carbons (Fsp3) is 0.545. The zero-order chi connectivity index (χ0) is 11.5. The largest absolute Gasteiger partial charge is 0.342 e. The molecule has 0 radical (unpaired) electrons. The van der Waals surface area contributed by atoms with E-state index >= 15 is 0 Å².